The van der Waals surface area contributed by atoms with Crippen molar-refractivity contribution in [2.24, 2.45) is 7.05 Å². The van der Waals surface area contributed by atoms with Gasteiger partial charge in [0.05, 0.1) is 21.7 Å². The molecule has 0 bridgehead atoms. The van der Waals surface area contributed by atoms with Crippen LogP contribution in [0.15, 0.2) is 42.7 Å². The Labute approximate surface area is 147 Å². The second-order valence-electron chi connectivity index (χ2n) is 5.78. The summed E-state index contributed by atoms with van der Waals surface area (Å²) in [4.78, 5) is 4.32. The predicted octanol–water partition coefficient (Wildman–Crippen LogP) is 4.67. The summed E-state index contributed by atoms with van der Waals surface area (Å²) in [5.74, 6) is -0.0828. The van der Waals surface area contributed by atoms with Crippen LogP contribution in [-0.4, -0.2) is 19.3 Å². The van der Waals surface area contributed by atoms with Crippen molar-refractivity contribution in [3.05, 3.63) is 65.1 Å². The average Bonchev–Trinajstić information content (AvgIpc) is 3.07. The van der Waals surface area contributed by atoms with Gasteiger partial charge in [-0.1, -0.05) is 11.6 Å². The van der Waals surface area contributed by atoms with E-state index >= 15 is 0 Å². The van der Waals surface area contributed by atoms with Crippen molar-refractivity contribution in [1.82, 2.24) is 19.3 Å². The highest BCUT2D eigenvalue weighted by Gasteiger charge is 2.21. The maximum Gasteiger partial charge on any atom is 0.144 e. The SMILES string of the molecule is Cc1nn(C)c(-n2cnc3ccc(F)cc32)c1-c1ccc(F)cc1Cl. The Morgan fingerprint density at radius 2 is 1.76 bits per heavy atom. The lowest BCUT2D eigenvalue weighted by molar-refractivity contribution is 0.628. The molecule has 0 N–H and O–H groups in total. The lowest BCUT2D eigenvalue weighted by Crippen LogP contribution is -2.03. The molecule has 4 rings (SSSR count). The van der Waals surface area contributed by atoms with Crippen LogP contribution in [0.2, 0.25) is 5.02 Å². The van der Waals surface area contributed by atoms with Crippen molar-refractivity contribution in [1.29, 1.82) is 0 Å². The van der Waals surface area contributed by atoms with Crippen LogP contribution in [0.1, 0.15) is 5.69 Å². The molecule has 2 heterocycles. The topological polar surface area (TPSA) is 35.6 Å². The summed E-state index contributed by atoms with van der Waals surface area (Å²) in [6.07, 6.45) is 1.61. The quantitative estimate of drug-likeness (QED) is 0.522. The lowest BCUT2D eigenvalue weighted by Gasteiger charge is -2.10. The average molecular weight is 359 g/mol. The number of hydrogen-bond acceptors (Lipinski definition) is 2. The van der Waals surface area contributed by atoms with Gasteiger partial charge in [0.1, 0.15) is 23.8 Å². The van der Waals surface area contributed by atoms with Gasteiger partial charge in [0.15, 0.2) is 0 Å². The van der Waals surface area contributed by atoms with Crippen LogP contribution < -0.4 is 0 Å². The van der Waals surface area contributed by atoms with Gasteiger partial charge in [-0.2, -0.15) is 5.10 Å². The van der Waals surface area contributed by atoms with E-state index in [1.54, 1.807) is 34.8 Å². The van der Waals surface area contributed by atoms with Crippen molar-refractivity contribution in [3.63, 3.8) is 0 Å². The molecule has 0 radical (unpaired) electrons. The largest absolute Gasteiger partial charge is 0.283 e. The molecule has 0 atom stereocenters. The smallest absolute Gasteiger partial charge is 0.144 e. The fraction of sp³-hybridized carbons (Fsp3) is 0.111. The highest BCUT2D eigenvalue weighted by molar-refractivity contribution is 6.33. The van der Waals surface area contributed by atoms with Crippen LogP contribution in [0.3, 0.4) is 0 Å². The Morgan fingerprint density at radius 3 is 2.52 bits per heavy atom. The molecule has 126 valence electrons. The summed E-state index contributed by atoms with van der Waals surface area (Å²) in [6, 6.07) is 8.63. The fourth-order valence-electron chi connectivity index (χ4n) is 3.08. The van der Waals surface area contributed by atoms with E-state index in [9.17, 15) is 8.78 Å². The molecule has 0 fully saturated rings. The molecule has 0 saturated heterocycles. The van der Waals surface area contributed by atoms with Gasteiger partial charge in [0.25, 0.3) is 0 Å². The van der Waals surface area contributed by atoms with Crippen molar-refractivity contribution < 1.29 is 8.78 Å². The zero-order valence-corrected chi connectivity index (χ0v) is 14.2. The third-order valence-electron chi connectivity index (χ3n) is 4.13. The van der Waals surface area contributed by atoms with Gasteiger partial charge < -0.3 is 0 Å². The number of halogens is 3. The van der Waals surface area contributed by atoms with Gasteiger partial charge >= 0.3 is 0 Å². The van der Waals surface area contributed by atoms with Crippen LogP contribution >= 0.6 is 11.6 Å². The monoisotopic (exact) mass is 358 g/mol. The Kier molecular flexibility index (Phi) is 3.58. The van der Waals surface area contributed by atoms with Gasteiger partial charge in [0, 0.05) is 24.2 Å². The Bertz CT molecular complexity index is 1110. The Balaban J connectivity index is 2.04. The molecule has 0 spiro atoms. The van der Waals surface area contributed by atoms with Gasteiger partial charge in [-0.15, -0.1) is 0 Å². The van der Waals surface area contributed by atoms with E-state index < -0.39 is 5.82 Å². The molecular weight excluding hydrogens is 346 g/mol. The summed E-state index contributed by atoms with van der Waals surface area (Å²) in [6.45, 7) is 1.85. The molecule has 25 heavy (non-hydrogen) atoms. The van der Waals surface area contributed by atoms with E-state index in [2.05, 4.69) is 10.1 Å². The maximum absolute atomic E-state index is 13.7. The minimum atomic E-state index is -0.410. The first-order valence-electron chi connectivity index (χ1n) is 7.57. The third-order valence-corrected chi connectivity index (χ3v) is 4.44. The van der Waals surface area contributed by atoms with Crippen molar-refractivity contribution >= 4 is 22.6 Å². The number of imidazole rings is 1. The van der Waals surface area contributed by atoms with E-state index in [1.807, 2.05) is 6.92 Å². The number of rotatable bonds is 2. The van der Waals surface area contributed by atoms with Crippen LogP contribution in [0.5, 0.6) is 0 Å². The standard InChI is InChI=1S/C18H13ClF2N4/c1-10-17(13-5-3-11(20)7-14(13)19)18(24(2)23-10)25-9-22-15-6-4-12(21)8-16(15)25/h3-9H,1-2H3. The highest BCUT2D eigenvalue weighted by atomic mass is 35.5. The number of aryl methyl sites for hydroxylation is 2. The fourth-order valence-corrected chi connectivity index (χ4v) is 3.34. The van der Waals surface area contributed by atoms with E-state index in [0.29, 0.717) is 22.4 Å². The number of aromatic nitrogens is 4. The summed E-state index contributed by atoms with van der Waals surface area (Å²) in [5.41, 5.74) is 3.40. The van der Waals surface area contributed by atoms with Crippen LogP contribution in [0, 0.1) is 18.6 Å². The third kappa shape index (κ3) is 2.49. The van der Waals surface area contributed by atoms with Crippen LogP contribution in [-0.2, 0) is 7.05 Å². The van der Waals surface area contributed by atoms with E-state index in [1.165, 1.54) is 24.3 Å². The molecular formula is C18H13ClF2N4. The van der Waals surface area contributed by atoms with Gasteiger partial charge in [-0.25, -0.2) is 13.8 Å². The minimum Gasteiger partial charge on any atom is -0.283 e. The van der Waals surface area contributed by atoms with E-state index in [0.717, 1.165) is 11.3 Å². The van der Waals surface area contributed by atoms with Gasteiger partial charge in [-0.05, 0) is 37.3 Å². The minimum absolute atomic E-state index is 0.285. The van der Waals surface area contributed by atoms with E-state index in [4.69, 9.17) is 11.6 Å². The van der Waals surface area contributed by atoms with Crippen molar-refractivity contribution in [3.8, 4) is 16.9 Å². The Hall–Kier alpha value is -2.73. The summed E-state index contributed by atoms with van der Waals surface area (Å²) in [5, 5.41) is 4.74. The summed E-state index contributed by atoms with van der Waals surface area (Å²) < 4.78 is 30.6. The van der Waals surface area contributed by atoms with Crippen LogP contribution in [0.4, 0.5) is 8.78 Å². The maximum atomic E-state index is 13.7. The molecule has 0 aliphatic heterocycles. The first-order chi connectivity index (χ1) is 12.0. The second kappa shape index (κ2) is 5.67. The molecule has 0 aliphatic carbocycles. The molecule has 2 aromatic heterocycles. The van der Waals surface area contributed by atoms with Gasteiger partial charge in [0.2, 0.25) is 0 Å². The zero-order chi connectivity index (χ0) is 17.7. The van der Waals surface area contributed by atoms with Crippen LogP contribution in [0.25, 0.3) is 28.0 Å². The van der Waals surface area contributed by atoms with Crippen molar-refractivity contribution in [2.45, 2.75) is 6.92 Å². The zero-order valence-electron chi connectivity index (χ0n) is 13.5. The molecule has 4 aromatic rings. The molecule has 7 heteroatoms. The number of nitrogens with zero attached hydrogens (tertiary/aromatic N) is 4. The lowest BCUT2D eigenvalue weighted by atomic mass is 10.1. The molecule has 0 saturated carbocycles. The number of hydrogen-bond donors (Lipinski definition) is 0. The highest BCUT2D eigenvalue weighted by Crippen LogP contribution is 2.36. The molecule has 4 nitrogen and oxygen atoms in total. The summed E-state index contributed by atoms with van der Waals surface area (Å²) in [7, 11) is 1.79. The molecule has 2 aromatic carbocycles. The van der Waals surface area contributed by atoms with Crippen molar-refractivity contribution in [2.75, 3.05) is 0 Å². The first-order valence-corrected chi connectivity index (χ1v) is 7.95. The summed E-state index contributed by atoms with van der Waals surface area (Å²) >= 11 is 6.26. The molecule has 0 unspecified atom stereocenters. The number of benzene rings is 2. The van der Waals surface area contributed by atoms with E-state index in [-0.39, 0.29) is 10.8 Å². The van der Waals surface area contributed by atoms with Gasteiger partial charge in [-0.3, -0.25) is 9.25 Å². The predicted molar refractivity (Wildman–Crippen MR) is 92.9 cm³/mol. The number of fused-ring (bicyclic) bond motifs is 1. The molecule has 0 aliphatic rings. The Morgan fingerprint density at radius 1 is 1.04 bits per heavy atom. The normalized spacial score (nSPS) is 11.4. The molecule has 0 amide bonds. The first kappa shape index (κ1) is 15.8. The second-order valence-corrected chi connectivity index (χ2v) is 6.19.